The van der Waals surface area contributed by atoms with E-state index in [4.69, 9.17) is 4.74 Å². The highest BCUT2D eigenvalue weighted by Gasteiger charge is 2.41. The highest BCUT2D eigenvalue weighted by Crippen LogP contribution is 2.32. The normalized spacial score (nSPS) is 14.2. The minimum absolute atomic E-state index is 0.165. The van der Waals surface area contributed by atoms with Crippen molar-refractivity contribution in [1.82, 2.24) is 4.90 Å². The number of likely N-dealkylation sites (N-methyl/N-ethyl adjacent to an activating group) is 1. The van der Waals surface area contributed by atoms with E-state index in [0.29, 0.717) is 12.1 Å². The molecule has 1 aromatic rings. The van der Waals surface area contributed by atoms with Crippen LogP contribution in [0.2, 0.25) is 0 Å². The maximum atomic E-state index is 14.0. The molecule has 22 heavy (non-hydrogen) atoms. The highest BCUT2D eigenvalue weighted by atomic mass is 19.2. The van der Waals surface area contributed by atoms with E-state index in [1.807, 2.05) is 0 Å². The molecule has 0 aromatic heterocycles. The quantitative estimate of drug-likeness (QED) is 0.634. The first kappa shape index (κ1) is 18.0. The number of halogens is 3. The van der Waals surface area contributed by atoms with Gasteiger partial charge in [-0.3, -0.25) is 4.90 Å². The highest BCUT2D eigenvalue weighted by molar-refractivity contribution is 5.78. The van der Waals surface area contributed by atoms with Crippen LogP contribution in [-0.4, -0.2) is 29.9 Å². The number of carbonyl (C=O) groups excluding carboxylic acids is 2. The Labute approximate surface area is 126 Å². The molecule has 0 spiro atoms. The minimum Gasteiger partial charge on any atom is -0.444 e. The SMILES string of the molecule is CN(C(=O)OC(C)(C)C)C(C)(C=O)c1c(F)ccc(F)c1F. The first-order valence-corrected chi connectivity index (χ1v) is 6.51. The molecule has 0 bridgehead atoms. The zero-order valence-electron chi connectivity index (χ0n) is 13.0. The molecule has 0 aliphatic rings. The Kier molecular flexibility index (Phi) is 4.89. The number of rotatable bonds is 3. The molecule has 0 aliphatic carbocycles. The number of aldehydes is 1. The van der Waals surface area contributed by atoms with Gasteiger partial charge in [0.2, 0.25) is 0 Å². The van der Waals surface area contributed by atoms with Gasteiger partial charge in [-0.25, -0.2) is 18.0 Å². The van der Waals surface area contributed by atoms with Gasteiger partial charge in [0.15, 0.2) is 11.6 Å². The maximum Gasteiger partial charge on any atom is 0.411 e. The predicted octanol–water partition coefficient (Wildman–Crippen LogP) is 3.38. The lowest BCUT2D eigenvalue weighted by Gasteiger charge is -2.36. The fraction of sp³-hybridized carbons (Fsp3) is 0.467. The first-order chi connectivity index (χ1) is 9.94. The molecule has 1 unspecified atom stereocenters. The summed E-state index contributed by atoms with van der Waals surface area (Å²) in [7, 11) is 1.15. The summed E-state index contributed by atoms with van der Waals surface area (Å²) in [5.41, 5.74) is -3.77. The third-order valence-corrected chi connectivity index (χ3v) is 3.14. The molecule has 0 N–H and O–H groups in total. The Morgan fingerprint density at radius 1 is 1.14 bits per heavy atom. The Bertz CT molecular complexity index is 598. The van der Waals surface area contributed by atoms with Crippen LogP contribution >= 0.6 is 0 Å². The summed E-state index contributed by atoms with van der Waals surface area (Å²) >= 11 is 0. The smallest absolute Gasteiger partial charge is 0.411 e. The summed E-state index contributed by atoms with van der Waals surface area (Å²) in [5, 5.41) is 0. The van der Waals surface area contributed by atoms with Gasteiger partial charge in [0.25, 0.3) is 0 Å². The minimum atomic E-state index is -2.06. The van der Waals surface area contributed by atoms with E-state index >= 15 is 0 Å². The average molecular weight is 317 g/mol. The van der Waals surface area contributed by atoms with Crippen LogP contribution in [0.3, 0.4) is 0 Å². The Morgan fingerprint density at radius 2 is 1.64 bits per heavy atom. The van der Waals surface area contributed by atoms with Crippen LogP contribution in [0, 0.1) is 17.5 Å². The number of nitrogens with zero attached hydrogens (tertiary/aromatic N) is 1. The van der Waals surface area contributed by atoms with Crippen LogP contribution in [0.4, 0.5) is 18.0 Å². The third kappa shape index (κ3) is 3.40. The van der Waals surface area contributed by atoms with E-state index < -0.39 is 40.2 Å². The van der Waals surface area contributed by atoms with Crippen LogP contribution in [0.1, 0.15) is 33.3 Å². The van der Waals surface area contributed by atoms with Crippen LogP contribution in [0.5, 0.6) is 0 Å². The van der Waals surface area contributed by atoms with E-state index in [0.717, 1.165) is 18.9 Å². The lowest BCUT2D eigenvalue weighted by Crippen LogP contribution is -2.49. The number of hydrogen-bond donors (Lipinski definition) is 0. The van der Waals surface area contributed by atoms with Crippen molar-refractivity contribution in [3.05, 3.63) is 35.1 Å². The summed E-state index contributed by atoms with van der Waals surface area (Å²) in [6, 6.07) is 1.30. The topological polar surface area (TPSA) is 46.6 Å². The van der Waals surface area contributed by atoms with Gasteiger partial charge in [-0.1, -0.05) is 0 Å². The Hall–Kier alpha value is -2.05. The van der Waals surface area contributed by atoms with Crippen molar-refractivity contribution < 1.29 is 27.5 Å². The van der Waals surface area contributed by atoms with Gasteiger partial charge in [-0.15, -0.1) is 0 Å². The van der Waals surface area contributed by atoms with Crippen LogP contribution < -0.4 is 0 Å². The second kappa shape index (κ2) is 5.98. The van der Waals surface area contributed by atoms with E-state index in [1.165, 1.54) is 0 Å². The average Bonchev–Trinajstić information content (AvgIpc) is 2.40. The molecule has 0 fully saturated rings. The Balaban J connectivity index is 3.36. The number of amides is 1. The van der Waals surface area contributed by atoms with Crippen molar-refractivity contribution in [2.24, 2.45) is 0 Å². The van der Waals surface area contributed by atoms with Crippen molar-refractivity contribution >= 4 is 12.4 Å². The zero-order valence-corrected chi connectivity index (χ0v) is 13.0. The molecule has 7 heteroatoms. The summed E-state index contributed by atoms with van der Waals surface area (Å²) in [5.74, 6) is -3.98. The molecular weight excluding hydrogens is 299 g/mol. The van der Waals surface area contributed by atoms with E-state index in [9.17, 15) is 22.8 Å². The summed E-state index contributed by atoms with van der Waals surface area (Å²) < 4.78 is 46.3. The lowest BCUT2D eigenvalue weighted by molar-refractivity contribution is -0.117. The monoisotopic (exact) mass is 317 g/mol. The molecule has 1 amide bonds. The van der Waals surface area contributed by atoms with Crippen molar-refractivity contribution in [3.63, 3.8) is 0 Å². The third-order valence-electron chi connectivity index (χ3n) is 3.14. The molecule has 0 heterocycles. The lowest BCUT2D eigenvalue weighted by atomic mass is 9.91. The molecule has 122 valence electrons. The van der Waals surface area contributed by atoms with Crippen LogP contribution in [-0.2, 0) is 15.1 Å². The molecule has 1 aromatic carbocycles. The zero-order chi connectivity index (χ0) is 17.3. The largest absolute Gasteiger partial charge is 0.444 e. The fourth-order valence-electron chi connectivity index (χ4n) is 1.82. The van der Waals surface area contributed by atoms with Crippen LogP contribution in [0.15, 0.2) is 12.1 Å². The van der Waals surface area contributed by atoms with E-state index in [2.05, 4.69) is 0 Å². The molecule has 0 radical (unpaired) electrons. The molecule has 1 atom stereocenters. The van der Waals surface area contributed by atoms with Gasteiger partial charge >= 0.3 is 6.09 Å². The van der Waals surface area contributed by atoms with Gasteiger partial charge in [0.1, 0.15) is 23.2 Å². The van der Waals surface area contributed by atoms with Gasteiger partial charge < -0.3 is 9.53 Å². The van der Waals surface area contributed by atoms with Crippen molar-refractivity contribution in [3.8, 4) is 0 Å². The van der Waals surface area contributed by atoms with Crippen molar-refractivity contribution in [1.29, 1.82) is 0 Å². The van der Waals surface area contributed by atoms with E-state index in [1.54, 1.807) is 20.8 Å². The van der Waals surface area contributed by atoms with Gasteiger partial charge in [0, 0.05) is 7.05 Å². The van der Waals surface area contributed by atoms with Crippen molar-refractivity contribution in [2.75, 3.05) is 7.05 Å². The predicted molar refractivity (Wildman–Crippen MR) is 73.7 cm³/mol. The van der Waals surface area contributed by atoms with Gasteiger partial charge in [0.05, 0.1) is 5.56 Å². The molecule has 1 rings (SSSR count). The van der Waals surface area contributed by atoms with Gasteiger partial charge in [-0.05, 0) is 39.8 Å². The summed E-state index contributed by atoms with van der Waals surface area (Å²) in [6.07, 6.45) is -0.803. The second-order valence-electron chi connectivity index (χ2n) is 6.02. The molecule has 0 saturated carbocycles. The molecular formula is C15H18F3NO3. The molecule has 0 saturated heterocycles. The van der Waals surface area contributed by atoms with E-state index in [-0.39, 0.29) is 6.29 Å². The number of carbonyl (C=O) groups is 2. The van der Waals surface area contributed by atoms with Crippen LogP contribution in [0.25, 0.3) is 0 Å². The summed E-state index contributed by atoms with van der Waals surface area (Å²) in [6.45, 7) is 5.89. The Morgan fingerprint density at radius 3 is 2.09 bits per heavy atom. The maximum absolute atomic E-state index is 14.0. The number of hydrogen-bond acceptors (Lipinski definition) is 3. The molecule has 4 nitrogen and oxygen atoms in total. The number of benzene rings is 1. The molecule has 0 aliphatic heterocycles. The summed E-state index contributed by atoms with van der Waals surface area (Å²) in [4.78, 5) is 24.2. The standard InChI is InChI=1S/C15H18F3NO3/c1-14(2,3)22-13(21)19(5)15(4,8-20)11-9(16)6-7-10(17)12(11)18/h6-8H,1-5H3. The van der Waals surface area contributed by atoms with Gasteiger partial charge in [-0.2, -0.15) is 0 Å². The second-order valence-corrected chi connectivity index (χ2v) is 6.02. The fourth-order valence-corrected chi connectivity index (χ4v) is 1.82. The first-order valence-electron chi connectivity index (χ1n) is 6.51. The van der Waals surface area contributed by atoms with Crippen molar-refractivity contribution in [2.45, 2.75) is 38.8 Å². The number of ether oxygens (including phenoxy) is 1.